The summed E-state index contributed by atoms with van der Waals surface area (Å²) in [6.07, 6.45) is 6.19. The van der Waals surface area contributed by atoms with Gasteiger partial charge in [0.15, 0.2) is 0 Å². The van der Waals surface area contributed by atoms with Crippen molar-refractivity contribution in [3.05, 3.63) is 41.4 Å². The lowest BCUT2D eigenvalue weighted by Crippen LogP contribution is -2.49. The molecule has 1 saturated carbocycles. The molecule has 124 valence electrons. The topological polar surface area (TPSA) is 65.4 Å². The van der Waals surface area contributed by atoms with E-state index in [9.17, 15) is 10.1 Å². The summed E-state index contributed by atoms with van der Waals surface area (Å²) >= 11 is 0. The quantitative estimate of drug-likeness (QED) is 0.868. The molecule has 2 aromatic rings. The zero-order valence-corrected chi connectivity index (χ0v) is 13.7. The first kappa shape index (κ1) is 15.0. The number of hydrogen-bond acceptors (Lipinski definition) is 4. The second-order valence-corrected chi connectivity index (χ2v) is 6.47. The van der Waals surface area contributed by atoms with E-state index in [4.69, 9.17) is 4.42 Å². The van der Waals surface area contributed by atoms with Crippen LogP contribution in [-0.4, -0.2) is 52.5 Å². The minimum atomic E-state index is -0.0957. The van der Waals surface area contributed by atoms with Crippen molar-refractivity contribution in [3.8, 4) is 12.0 Å². The number of amides is 1. The van der Waals surface area contributed by atoms with E-state index >= 15 is 0 Å². The zero-order chi connectivity index (χ0) is 16.7. The summed E-state index contributed by atoms with van der Waals surface area (Å²) in [6, 6.07) is 6.60. The molecule has 0 spiro atoms. The smallest absolute Gasteiger partial charge is 0.258 e. The number of carbonyl (C=O) groups is 1. The lowest BCUT2D eigenvalue weighted by Gasteiger charge is -2.34. The maximum atomic E-state index is 13.0. The number of aromatic nitrogens is 1. The average Bonchev–Trinajstić information content (AvgIpc) is 3.20. The van der Waals surface area contributed by atoms with Gasteiger partial charge < -0.3 is 9.32 Å². The number of nitrogens with zero attached hydrogens (tertiary/aromatic N) is 4. The molecular weight excluding hydrogens is 304 g/mol. The Bertz CT molecular complexity index is 788. The first-order valence-corrected chi connectivity index (χ1v) is 8.39. The van der Waals surface area contributed by atoms with Crippen LogP contribution < -0.4 is 0 Å². The van der Waals surface area contributed by atoms with E-state index in [1.165, 1.54) is 12.8 Å². The predicted octanol–water partition coefficient (Wildman–Crippen LogP) is 2.17. The zero-order valence-electron chi connectivity index (χ0n) is 13.7. The normalized spacial score (nSPS) is 18.6. The van der Waals surface area contributed by atoms with Gasteiger partial charge in [-0.15, -0.1) is 0 Å². The van der Waals surface area contributed by atoms with E-state index in [1.807, 2.05) is 29.4 Å². The van der Waals surface area contributed by atoms with E-state index < -0.39 is 0 Å². The molecule has 1 aliphatic heterocycles. The maximum Gasteiger partial charge on any atom is 0.258 e. The molecule has 24 heavy (non-hydrogen) atoms. The second kappa shape index (κ2) is 5.84. The number of furan rings is 1. The van der Waals surface area contributed by atoms with Crippen molar-refractivity contribution in [1.29, 1.82) is 5.26 Å². The summed E-state index contributed by atoms with van der Waals surface area (Å²) < 4.78 is 7.47. The van der Waals surface area contributed by atoms with Crippen LogP contribution in [-0.2, 0) is 0 Å². The van der Waals surface area contributed by atoms with Gasteiger partial charge >= 0.3 is 0 Å². The first-order chi connectivity index (χ1) is 11.7. The van der Waals surface area contributed by atoms with E-state index in [-0.39, 0.29) is 5.91 Å². The fourth-order valence-corrected chi connectivity index (χ4v) is 3.43. The fourth-order valence-electron chi connectivity index (χ4n) is 3.43. The molecule has 0 unspecified atom stereocenters. The van der Waals surface area contributed by atoms with Crippen LogP contribution >= 0.6 is 0 Å². The fraction of sp³-hybridized carbons (Fsp3) is 0.444. The lowest BCUT2D eigenvalue weighted by atomic mass is 10.1. The van der Waals surface area contributed by atoms with Gasteiger partial charge in [-0.3, -0.25) is 14.3 Å². The maximum absolute atomic E-state index is 13.0. The molecule has 0 atom stereocenters. The van der Waals surface area contributed by atoms with Crippen LogP contribution in [0.25, 0.3) is 5.88 Å². The molecular formula is C18H20N4O2. The molecule has 2 aliphatic rings. The summed E-state index contributed by atoms with van der Waals surface area (Å²) in [5.41, 5.74) is 0.722. The molecule has 0 bridgehead atoms. The first-order valence-electron chi connectivity index (χ1n) is 8.39. The highest BCUT2D eigenvalue weighted by Gasteiger charge is 2.34. The van der Waals surface area contributed by atoms with Gasteiger partial charge in [0, 0.05) is 44.6 Å². The number of carbonyl (C=O) groups excluding carboxylic acids is 1. The van der Waals surface area contributed by atoms with Crippen LogP contribution in [0.15, 0.2) is 28.9 Å². The minimum absolute atomic E-state index is 0.0957. The number of aryl methyl sites for hydroxylation is 1. The molecule has 0 aromatic carbocycles. The lowest BCUT2D eigenvalue weighted by molar-refractivity contribution is 0.0625. The Morgan fingerprint density at radius 2 is 1.88 bits per heavy atom. The van der Waals surface area contributed by atoms with Crippen molar-refractivity contribution in [2.75, 3.05) is 26.2 Å². The summed E-state index contributed by atoms with van der Waals surface area (Å²) in [5, 5.41) is 9.58. The van der Waals surface area contributed by atoms with Gasteiger partial charge in [-0.25, -0.2) is 0 Å². The van der Waals surface area contributed by atoms with Crippen molar-refractivity contribution >= 4 is 5.91 Å². The van der Waals surface area contributed by atoms with E-state index in [0.717, 1.165) is 19.1 Å². The third-order valence-electron chi connectivity index (χ3n) is 4.90. The number of hydrogen-bond donors (Lipinski definition) is 0. The molecule has 1 amide bonds. The SMILES string of the molecule is Cc1oc(-n2cccc2)c(C#N)c1C(=O)N1CCN(C2CC2)CC1. The third-order valence-corrected chi connectivity index (χ3v) is 4.90. The van der Waals surface area contributed by atoms with Crippen molar-refractivity contribution in [2.45, 2.75) is 25.8 Å². The Morgan fingerprint density at radius 3 is 2.46 bits per heavy atom. The third kappa shape index (κ3) is 2.51. The van der Waals surface area contributed by atoms with Crippen LogP contribution in [0.5, 0.6) is 0 Å². The van der Waals surface area contributed by atoms with Gasteiger partial charge in [-0.2, -0.15) is 5.26 Å². The van der Waals surface area contributed by atoms with E-state index in [0.29, 0.717) is 35.9 Å². The largest absolute Gasteiger partial charge is 0.443 e. The second-order valence-electron chi connectivity index (χ2n) is 6.47. The van der Waals surface area contributed by atoms with Crippen molar-refractivity contribution < 1.29 is 9.21 Å². The Balaban J connectivity index is 1.59. The number of piperazine rings is 1. The van der Waals surface area contributed by atoms with E-state index in [1.54, 1.807) is 11.5 Å². The molecule has 6 heteroatoms. The van der Waals surface area contributed by atoms with Crippen LogP contribution in [0.1, 0.15) is 34.5 Å². The Kier molecular flexibility index (Phi) is 3.66. The molecule has 0 radical (unpaired) electrons. The van der Waals surface area contributed by atoms with Gasteiger partial charge in [-0.05, 0) is 31.9 Å². The highest BCUT2D eigenvalue weighted by atomic mass is 16.4. The van der Waals surface area contributed by atoms with Crippen LogP contribution in [0.3, 0.4) is 0 Å². The number of nitriles is 1. The van der Waals surface area contributed by atoms with E-state index in [2.05, 4.69) is 11.0 Å². The van der Waals surface area contributed by atoms with Crippen LogP contribution in [0.4, 0.5) is 0 Å². The molecule has 1 saturated heterocycles. The molecule has 4 rings (SSSR count). The summed E-state index contributed by atoms with van der Waals surface area (Å²) in [6.45, 7) is 5.01. The standard InChI is InChI=1S/C18H20N4O2/c1-13-16(15(12-19)18(24-13)22-6-2-3-7-22)17(23)21-10-8-20(9-11-21)14-4-5-14/h2-3,6-7,14H,4-5,8-11H2,1H3. The Morgan fingerprint density at radius 1 is 1.21 bits per heavy atom. The van der Waals surface area contributed by atoms with Gasteiger partial charge in [0.2, 0.25) is 5.88 Å². The van der Waals surface area contributed by atoms with Crippen molar-refractivity contribution in [3.63, 3.8) is 0 Å². The molecule has 1 aliphatic carbocycles. The van der Waals surface area contributed by atoms with Gasteiger partial charge in [0.25, 0.3) is 5.91 Å². The molecule has 2 fully saturated rings. The monoisotopic (exact) mass is 324 g/mol. The highest BCUT2D eigenvalue weighted by Crippen LogP contribution is 2.29. The average molecular weight is 324 g/mol. The summed E-state index contributed by atoms with van der Waals surface area (Å²) in [5.74, 6) is 0.825. The van der Waals surface area contributed by atoms with Crippen LogP contribution in [0.2, 0.25) is 0 Å². The summed E-state index contributed by atoms with van der Waals surface area (Å²) in [7, 11) is 0. The molecule has 3 heterocycles. The van der Waals surface area contributed by atoms with Crippen molar-refractivity contribution in [2.24, 2.45) is 0 Å². The number of rotatable bonds is 3. The summed E-state index contributed by atoms with van der Waals surface area (Å²) in [4.78, 5) is 17.3. The predicted molar refractivity (Wildman–Crippen MR) is 88.0 cm³/mol. The minimum Gasteiger partial charge on any atom is -0.443 e. The van der Waals surface area contributed by atoms with Gasteiger partial charge in [0.1, 0.15) is 23.0 Å². The van der Waals surface area contributed by atoms with Gasteiger partial charge in [0.05, 0.1) is 0 Å². The molecule has 6 nitrogen and oxygen atoms in total. The molecule has 0 N–H and O–H groups in total. The Hall–Kier alpha value is -2.52. The van der Waals surface area contributed by atoms with Gasteiger partial charge in [-0.1, -0.05) is 0 Å². The van der Waals surface area contributed by atoms with Crippen molar-refractivity contribution in [1.82, 2.24) is 14.4 Å². The Labute approximate surface area is 140 Å². The highest BCUT2D eigenvalue weighted by molar-refractivity contribution is 5.98. The van der Waals surface area contributed by atoms with Crippen LogP contribution in [0, 0.1) is 18.3 Å². The molecule has 2 aromatic heterocycles.